The zero-order valence-electron chi connectivity index (χ0n) is 17.7. The third-order valence-electron chi connectivity index (χ3n) is 6.68. The van der Waals surface area contributed by atoms with E-state index in [4.69, 9.17) is 4.74 Å². The quantitative estimate of drug-likeness (QED) is 0.666. The summed E-state index contributed by atoms with van der Waals surface area (Å²) >= 11 is 3.53. The SMILES string of the molecule is O=C(Nc1ccc(OCC2CC2)nc1)N1CCCN2CC[C@H](c3ccc(Br)cc3)[C@@H]2C1. The lowest BCUT2D eigenvalue weighted by Gasteiger charge is -2.30. The van der Waals surface area contributed by atoms with Gasteiger partial charge in [0.05, 0.1) is 18.5 Å². The van der Waals surface area contributed by atoms with Gasteiger partial charge in [-0.15, -0.1) is 0 Å². The second kappa shape index (κ2) is 9.17. The lowest BCUT2D eigenvalue weighted by molar-refractivity contribution is 0.197. The first-order valence-corrected chi connectivity index (χ1v) is 12.1. The predicted molar refractivity (Wildman–Crippen MR) is 125 cm³/mol. The molecule has 7 heteroatoms. The summed E-state index contributed by atoms with van der Waals surface area (Å²) in [4.78, 5) is 21.9. The Kier molecular flexibility index (Phi) is 6.14. The van der Waals surface area contributed by atoms with Crippen molar-refractivity contribution in [3.05, 3.63) is 52.6 Å². The summed E-state index contributed by atoms with van der Waals surface area (Å²) in [5, 5.41) is 3.03. The molecule has 0 unspecified atom stereocenters. The Morgan fingerprint density at radius 3 is 2.68 bits per heavy atom. The van der Waals surface area contributed by atoms with Crippen molar-refractivity contribution in [2.24, 2.45) is 5.92 Å². The van der Waals surface area contributed by atoms with E-state index in [0.29, 0.717) is 29.4 Å². The molecule has 0 radical (unpaired) electrons. The van der Waals surface area contributed by atoms with E-state index in [9.17, 15) is 4.79 Å². The summed E-state index contributed by atoms with van der Waals surface area (Å²) in [5.74, 6) is 1.78. The van der Waals surface area contributed by atoms with Crippen molar-refractivity contribution >= 4 is 27.6 Å². The number of aromatic nitrogens is 1. The number of amides is 2. The standard InChI is InChI=1S/C24H29BrN4O2/c25-19-6-4-18(5-7-19)21-10-13-28-11-1-12-29(15-22(21)28)24(30)27-20-8-9-23(26-14-20)31-16-17-2-3-17/h4-9,14,17,21-22H,1-3,10-13,15-16H2,(H,27,30)/t21-,22+/m1/s1. The maximum atomic E-state index is 13.0. The van der Waals surface area contributed by atoms with Crippen molar-refractivity contribution in [1.29, 1.82) is 0 Å². The van der Waals surface area contributed by atoms with Crippen LogP contribution < -0.4 is 10.1 Å². The van der Waals surface area contributed by atoms with Gasteiger partial charge in [0.15, 0.2) is 0 Å². The minimum Gasteiger partial charge on any atom is -0.477 e. The number of fused-ring (bicyclic) bond motifs is 1. The maximum Gasteiger partial charge on any atom is 0.321 e. The number of urea groups is 1. The van der Waals surface area contributed by atoms with E-state index in [0.717, 1.165) is 50.1 Å². The fraction of sp³-hybridized carbons (Fsp3) is 0.500. The van der Waals surface area contributed by atoms with Crippen LogP contribution in [0.15, 0.2) is 47.1 Å². The number of hydrogen-bond acceptors (Lipinski definition) is 4. The van der Waals surface area contributed by atoms with Crippen LogP contribution in [-0.4, -0.2) is 59.6 Å². The lowest BCUT2D eigenvalue weighted by Crippen LogP contribution is -2.43. The molecule has 2 aliphatic heterocycles. The molecule has 1 aromatic heterocycles. The van der Waals surface area contributed by atoms with E-state index in [-0.39, 0.29) is 6.03 Å². The number of benzene rings is 1. The second-order valence-corrected chi connectivity index (χ2v) is 9.83. The van der Waals surface area contributed by atoms with Gasteiger partial charge in [0.1, 0.15) is 0 Å². The normalized spacial score (nSPS) is 23.8. The molecule has 2 saturated heterocycles. The third-order valence-corrected chi connectivity index (χ3v) is 7.21. The molecule has 0 bridgehead atoms. The highest BCUT2D eigenvalue weighted by Crippen LogP contribution is 2.36. The number of rotatable bonds is 5. The van der Waals surface area contributed by atoms with Crippen LogP contribution in [0.25, 0.3) is 0 Å². The summed E-state index contributed by atoms with van der Waals surface area (Å²) in [7, 11) is 0. The van der Waals surface area contributed by atoms with Crippen molar-refractivity contribution in [3.8, 4) is 5.88 Å². The van der Waals surface area contributed by atoms with Crippen LogP contribution in [0.3, 0.4) is 0 Å². The minimum absolute atomic E-state index is 0.0447. The Bertz CT molecular complexity index is 901. The summed E-state index contributed by atoms with van der Waals surface area (Å²) in [6, 6.07) is 12.7. The Hall–Kier alpha value is -2.12. The molecule has 5 rings (SSSR count). The number of carbonyl (C=O) groups excluding carboxylic acids is 1. The molecule has 3 fully saturated rings. The van der Waals surface area contributed by atoms with Crippen molar-refractivity contribution in [2.75, 3.05) is 38.1 Å². The van der Waals surface area contributed by atoms with E-state index in [1.54, 1.807) is 6.20 Å². The van der Waals surface area contributed by atoms with E-state index >= 15 is 0 Å². The maximum absolute atomic E-state index is 13.0. The zero-order valence-corrected chi connectivity index (χ0v) is 19.3. The first-order chi connectivity index (χ1) is 15.2. The number of hydrogen-bond donors (Lipinski definition) is 1. The Morgan fingerprint density at radius 2 is 1.94 bits per heavy atom. The molecule has 2 aromatic rings. The second-order valence-electron chi connectivity index (χ2n) is 8.92. The van der Waals surface area contributed by atoms with Crippen molar-refractivity contribution < 1.29 is 9.53 Å². The molecule has 6 nitrogen and oxygen atoms in total. The van der Waals surface area contributed by atoms with Crippen molar-refractivity contribution in [3.63, 3.8) is 0 Å². The van der Waals surface area contributed by atoms with E-state index in [1.807, 2.05) is 17.0 Å². The number of pyridine rings is 1. The predicted octanol–water partition coefficient (Wildman–Crippen LogP) is 4.73. The fourth-order valence-corrected chi connectivity index (χ4v) is 5.00. The smallest absolute Gasteiger partial charge is 0.321 e. The van der Waals surface area contributed by atoms with E-state index < -0.39 is 0 Å². The highest BCUT2D eigenvalue weighted by molar-refractivity contribution is 9.10. The van der Waals surface area contributed by atoms with Crippen LogP contribution in [-0.2, 0) is 0 Å². The molecule has 1 saturated carbocycles. The van der Waals surface area contributed by atoms with Gasteiger partial charge in [-0.25, -0.2) is 9.78 Å². The fourth-order valence-electron chi connectivity index (χ4n) is 4.73. The first-order valence-electron chi connectivity index (χ1n) is 11.3. The van der Waals surface area contributed by atoms with Gasteiger partial charge < -0.3 is 15.0 Å². The van der Waals surface area contributed by atoms with Gasteiger partial charge in [0, 0.05) is 42.1 Å². The van der Waals surface area contributed by atoms with E-state index in [2.05, 4.69) is 55.4 Å². The average Bonchev–Trinajstić information content (AvgIpc) is 3.57. The summed E-state index contributed by atoms with van der Waals surface area (Å²) in [6.45, 7) is 4.43. The summed E-state index contributed by atoms with van der Waals surface area (Å²) < 4.78 is 6.79. The monoisotopic (exact) mass is 484 g/mol. The van der Waals surface area contributed by atoms with Gasteiger partial charge in [0.25, 0.3) is 0 Å². The first kappa shape index (κ1) is 20.8. The molecule has 3 heterocycles. The highest BCUT2D eigenvalue weighted by atomic mass is 79.9. The number of ether oxygens (including phenoxy) is 1. The lowest BCUT2D eigenvalue weighted by atomic mass is 9.91. The molecule has 0 spiro atoms. The Balaban J connectivity index is 1.22. The van der Waals surface area contributed by atoms with Crippen LogP contribution in [0.2, 0.25) is 0 Å². The molecular weight excluding hydrogens is 456 g/mol. The number of nitrogens with one attached hydrogen (secondary N) is 1. The van der Waals surface area contributed by atoms with Crippen LogP contribution in [0.5, 0.6) is 5.88 Å². The highest BCUT2D eigenvalue weighted by Gasteiger charge is 2.38. The molecule has 1 aromatic carbocycles. The number of halogens is 1. The molecule has 164 valence electrons. The van der Waals surface area contributed by atoms with E-state index in [1.165, 1.54) is 18.4 Å². The number of carbonyl (C=O) groups is 1. The van der Waals surface area contributed by atoms with Gasteiger partial charge in [-0.2, -0.15) is 0 Å². The minimum atomic E-state index is -0.0447. The van der Waals surface area contributed by atoms with Gasteiger partial charge in [-0.3, -0.25) is 4.90 Å². The van der Waals surface area contributed by atoms with Crippen LogP contribution in [0, 0.1) is 5.92 Å². The molecule has 3 aliphatic rings. The molecule has 2 amide bonds. The average molecular weight is 485 g/mol. The van der Waals surface area contributed by atoms with Crippen molar-refractivity contribution in [2.45, 2.75) is 37.6 Å². The number of anilines is 1. The van der Waals surface area contributed by atoms with Crippen LogP contribution >= 0.6 is 15.9 Å². The summed E-state index contributed by atoms with van der Waals surface area (Å²) in [6.07, 6.45) is 6.35. The van der Waals surface area contributed by atoms with Gasteiger partial charge >= 0.3 is 6.03 Å². The largest absolute Gasteiger partial charge is 0.477 e. The molecule has 1 aliphatic carbocycles. The third kappa shape index (κ3) is 5.04. The number of nitrogens with zero attached hydrogens (tertiary/aromatic N) is 3. The van der Waals surface area contributed by atoms with Gasteiger partial charge in [-0.05, 0) is 61.9 Å². The molecule has 31 heavy (non-hydrogen) atoms. The molecular formula is C24H29BrN4O2. The molecule has 2 atom stereocenters. The van der Waals surface area contributed by atoms with Crippen LogP contribution in [0.1, 0.15) is 37.2 Å². The Morgan fingerprint density at radius 1 is 1.10 bits per heavy atom. The summed E-state index contributed by atoms with van der Waals surface area (Å²) in [5.41, 5.74) is 2.07. The van der Waals surface area contributed by atoms with Gasteiger partial charge in [-0.1, -0.05) is 28.1 Å². The van der Waals surface area contributed by atoms with Gasteiger partial charge in [0.2, 0.25) is 5.88 Å². The molecule has 1 N–H and O–H groups in total. The van der Waals surface area contributed by atoms with Crippen molar-refractivity contribution in [1.82, 2.24) is 14.8 Å². The van der Waals surface area contributed by atoms with Crippen LogP contribution in [0.4, 0.5) is 10.5 Å². The zero-order chi connectivity index (χ0) is 21.2. The topological polar surface area (TPSA) is 57.7 Å². The Labute approximate surface area is 192 Å².